The highest BCUT2D eigenvalue weighted by Gasteiger charge is 2.10. The lowest BCUT2D eigenvalue weighted by molar-refractivity contribution is -0.384. The van der Waals surface area contributed by atoms with E-state index in [4.69, 9.17) is 16.3 Å². The summed E-state index contributed by atoms with van der Waals surface area (Å²) in [6.45, 7) is 1.84. The standard InChI is InChI=1S/C24H21ClN8O3/c1-15(16-3-5-17(25)6-4-16)31-32-24-29-22(26-18-7-11-20(12-8-18)33(34)35)28-23(30-24)27-19-9-13-21(36-2)14-10-19/h3-14H,1-2H3,(H3,26,27,28,29,30,32)/b31-15-. The zero-order chi connectivity index (χ0) is 25.5. The predicted octanol–water partition coefficient (Wildman–Crippen LogP) is 5.77. The van der Waals surface area contributed by atoms with Crippen molar-refractivity contribution >= 4 is 52.2 Å². The van der Waals surface area contributed by atoms with E-state index >= 15 is 0 Å². The minimum absolute atomic E-state index is 0.0209. The second-order valence-electron chi connectivity index (χ2n) is 7.40. The molecule has 11 nitrogen and oxygen atoms in total. The summed E-state index contributed by atoms with van der Waals surface area (Å²) in [6, 6.07) is 20.4. The smallest absolute Gasteiger partial charge is 0.269 e. The maximum atomic E-state index is 10.9. The minimum Gasteiger partial charge on any atom is -0.497 e. The van der Waals surface area contributed by atoms with Crippen molar-refractivity contribution in [3.8, 4) is 5.75 Å². The SMILES string of the molecule is COc1ccc(Nc2nc(N/N=C(/C)c3ccc(Cl)cc3)nc(Nc3ccc([N+](=O)[O-])cc3)n2)cc1. The summed E-state index contributed by atoms with van der Waals surface area (Å²) in [7, 11) is 1.59. The number of nitrogens with one attached hydrogen (secondary N) is 3. The molecule has 0 aliphatic carbocycles. The van der Waals surface area contributed by atoms with E-state index in [2.05, 4.69) is 36.1 Å². The van der Waals surface area contributed by atoms with Crippen LogP contribution in [-0.4, -0.2) is 32.7 Å². The van der Waals surface area contributed by atoms with Crippen molar-refractivity contribution in [1.82, 2.24) is 15.0 Å². The average molecular weight is 505 g/mol. The Bertz CT molecular complexity index is 1380. The fourth-order valence-electron chi connectivity index (χ4n) is 3.03. The quantitative estimate of drug-likeness (QED) is 0.147. The third kappa shape index (κ3) is 6.42. The Morgan fingerprint density at radius 1 is 0.861 bits per heavy atom. The molecule has 0 amide bonds. The fourth-order valence-corrected chi connectivity index (χ4v) is 3.15. The molecule has 0 atom stereocenters. The molecule has 1 aromatic heterocycles. The number of anilines is 5. The molecular weight excluding hydrogens is 484 g/mol. The largest absolute Gasteiger partial charge is 0.497 e. The molecule has 3 aromatic carbocycles. The molecule has 0 fully saturated rings. The molecule has 182 valence electrons. The van der Waals surface area contributed by atoms with Crippen LogP contribution in [0.2, 0.25) is 5.02 Å². The van der Waals surface area contributed by atoms with Crippen molar-refractivity contribution in [2.45, 2.75) is 6.92 Å². The van der Waals surface area contributed by atoms with Gasteiger partial charge in [0.15, 0.2) is 0 Å². The summed E-state index contributed by atoms with van der Waals surface area (Å²) in [6.07, 6.45) is 0. The van der Waals surface area contributed by atoms with Crippen LogP contribution in [-0.2, 0) is 0 Å². The van der Waals surface area contributed by atoms with Crippen molar-refractivity contribution in [2.75, 3.05) is 23.2 Å². The summed E-state index contributed by atoms with van der Waals surface area (Å²) in [5.74, 6) is 1.35. The number of nitro groups is 1. The summed E-state index contributed by atoms with van der Waals surface area (Å²) < 4.78 is 5.19. The lowest BCUT2D eigenvalue weighted by Gasteiger charge is -2.11. The summed E-state index contributed by atoms with van der Waals surface area (Å²) in [5, 5.41) is 22.1. The van der Waals surface area contributed by atoms with Crippen LogP contribution < -0.4 is 20.8 Å². The molecule has 4 aromatic rings. The normalized spacial score (nSPS) is 11.0. The van der Waals surface area contributed by atoms with Crippen LogP contribution in [0.1, 0.15) is 12.5 Å². The Kier molecular flexibility index (Phi) is 7.51. The summed E-state index contributed by atoms with van der Waals surface area (Å²) in [5.41, 5.74) is 5.70. The number of benzene rings is 3. The molecule has 0 saturated carbocycles. The Morgan fingerprint density at radius 3 is 1.92 bits per heavy atom. The van der Waals surface area contributed by atoms with Gasteiger partial charge in [-0.15, -0.1) is 0 Å². The van der Waals surface area contributed by atoms with Gasteiger partial charge in [0, 0.05) is 28.5 Å². The lowest BCUT2D eigenvalue weighted by Crippen LogP contribution is -2.08. The number of nitrogens with zero attached hydrogens (tertiary/aromatic N) is 5. The first-order valence-electron chi connectivity index (χ1n) is 10.6. The van der Waals surface area contributed by atoms with E-state index in [1.807, 2.05) is 31.2 Å². The molecule has 4 rings (SSSR count). The molecule has 0 radical (unpaired) electrons. The molecule has 36 heavy (non-hydrogen) atoms. The van der Waals surface area contributed by atoms with Gasteiger partial charge in [-0.1, -0.05) is 23.7 Å². The van der Waals surface area contributed by atoms with Crippen molar-refractivity contribution in [3.05, 3.63) is 93.5 Å². The van der Waals surface area contributed by atoms with Crippen LogP contribution >= 0.6 is 11.6 Å². The number of hydrazone groups is 1. The summed E-state index contributed by atoms with van der Waals surface area (Å²) in [4.78, 5) is 23.6. The molecule has 0 saturated heterocycles. The van der Waals surface area contributed by atoms with Crippen LogP contribution in [0.25, 0.3) is 0 Å². The van der Waals surface area contributed by atoms with Gasteiger partial charge in [0.25, 0.3) is 5.69 Å². The van der Waals surface area contributed by atoms with Gasteiger partial charge in [-0.05, 0) is 61.0 Å². The number of methoxy groups -OCH3 is 1. The first kappa shape index (κ1) is 24.4. The molecule has 0 aliphatic heterocycles. The Morgan fingerprint density at radius 2 is 1.39 bits per heavy atom. The molecule has 0 spiro atoms. The minimum atomic E-state index is -0.466. The summed E-state index contributed by atoms with van der Waals surface area (Å²) >= 11 is 5.96. The Labute approximate surface area is 211 Å². The topological polar surface area (TPSA) is 139 Å². The van der Waals surface area contributed by atoms with Crippen molar-refractivity contribution in [3.63, 3.8) is 0 Å². The third-order valence-electron chi connectivity index (χ3n) is 4.90. The van der Waals surface area contributed by atoms with Gasteiger partial charge in [-0.2, -0.15) is 20.1 Å². The van der Waals surface area contributed by atoms with Crippen molar-refractivity contribution < 1.29 is 9.66 Å². The number of non-ortho nitro benzene ring substituents is 1. The first-order chi connectivity index (χ1) is 17.4. The molecule has 0 unspecified atom stereocenters. The molecule has 0 bridgehead atoms. The van der Waals surface area contributed by atoms with Gasteiger partial charge >= 0.3 is 0 Å². The van der Waals surface area contributed by atoms with E-state index in [0.29, 0.717) is 22.2 Å². The van der Waals surface area contributed by atoms with Gasteiger partial charge in [-0.25, -0.2) is 5.43 Å². The number of ether oxygens (including phenoxy) is 1. The highest BCUT2D eigenvalue weighted by molar-refractivity contribution is 6.30. The van der Waals surface area contributed by atoms with Gasteiger partial charge in [0.1, 0.15) is 5.75 Å². The van der Waals surface area contributed by atoms with E-state index in [0.717, 1.165) is 11.3 Å². The maximum absolute atomic E-state index is 10.9. The zero-order valence-corrected chi connectivity index (χ0v) is 20.0. The van der Waals surface area contributed by atoms with Crippen molar-refractivity contribution in [1.29, 1.82) is 0 Å². The highest BCUT2D eigenvalue weighted by Crippen LogP contribution is 2.22. The van der Waals surface area contributed by atoms with E-state index in [-0.39, 0.29) is 23.5 Å². The third-order valence-corrected chi connectivity index (χ3v) is 5.15. The van der Waals surface area contributed by atoms with Gasteiger partial charge in [0.05, 0.1) is 17.7 Å². The molecule has 0 aliphatic rings. The highest BCUT2D eigenvalue weighted by atomic mass is 35.5. The number of nitro benzene ring substituents is 1. The number of halogens is 1. The zero-order valence-electron chi connectivity index (χ0n) is 19.3. The Balaban J connectivity index is 1.60. The van der Waals surface area contributed by atoms with Gasteiger partial charge in [0.2, 0.25) is 17.8 Å². The maximum Gasteiger partial charge on any atom is 0.269 e. The molecule has 12 heteroatoms. The number of rotatable bonds is 9. The van der Waals surface area contributed by atoms with E-state index in [1.165, 1.54) is 12.1 Å². The first-order valence-corrected chi connectivity index (χ1v) is 11.0. The van der Waals surface area contributed by atoms with Crippen LogP contribution in [0.15, 0.2) is 77.9 Å². The second-order valence-corrected chi connectivity index (χ2v) is 7.84. The van der Waals surface area contributed by atoms with Crippen LogP contribution in [0.3, 0.4) is 0 Å². The molecule has 1 heterocycles. The van der Waals surface area contributed by atoms with E-state index in [9.17, 15) is 10.1 Å². The Hall–Kier alpha value is -4.77. The average Bonchev–Trinajstić information content (AvgIpc) is 2.88. The molecular formula is C24H21ClN8O3. The van der Waals surface area contributed by atoms with Crippen LogP contribution in [0.4, 0.5) is 34.9 Å². The number of aromatic nitrogens is 3. The lowest BCUT2D eigenvalue weighted by atomic mass is 10.1. The van der Waals surface area contributed by atoms with Gasteiger partial charge in [-0.3, -0.25) is 10.1 Å². The van der Waals surface area contributed by atoms with Crippen LogP contribution in [0.5, 0.6) is 5.75 Å². The van der Waals surface area contributed by atoms with Crippen LogP contribution in [0, 0.1) is 10.1 Å². The fraction of sp³-hybridized carbons (Fsp3) is 0.0833. The predicted molar refractivity (Wildman–Crippen MR) is 140 cm³/mol. The number of hydrogen-bond acceptors (Lipinski definition) is 10. The number of hydrogen-bond donors (Lipinski definition) is 3. The van der Waals surface area contributed by atoms with Crippen molar-refractivity contribution in [2.24, 2.45) is 5.10 Å². The van der Waals surface area contributed by atoms with E-state index in [1.54, 1.807) is 43.5 Å². The van der Waals surface area contributed by atoms with E-state index < -0.39 is 4.92 Å². The monoisotopic (exact) mass is 504 g/mol. The van der Waals surface area contributed by atoms with Gasteiger partial charge < -0.3 is 15.4 Å². The second kappa shape index (κ2) is 11.1. The molecule has 3 N–H and O–H groups in total.